The zero-order valence-corrected chi connectivity index (χ0v) is 12.1. The number of carbonyl (C=O) groups is 2. The minimum atomic E-state index is -0.517. The van der Waals surface area contributed by atoms with Gasteiger partial charge in [0.15, 0.2) is 0 Å². The van der Waals surface area contributed by atoms with Gasteiger partial charge < -0.3 is 10.1 Å². The number of ether oxygens (including phenoxy) is 1. The third-order valence-corrected chi connectivity index (χ3v) is 3.80. The van der Waals surface area contributed by atoms with Gasteiger partial charge in [-0.15, -0.1) is 0 Å². The maximum Gasteiger partial charge on any atom is 0.269 e. The van der Waals surface area contributed by atoms with Crippen LogP contribution in [0.2, 0.25) is 0 Å². The van der Waals surface area contributed by atoms with Crippen molar-refractivity contribution in [2.45, 2.75) is 19.4 Å². The molecule has 3 heterocycles. The minimum absolute atomic E-state index is 0.224. The molecule has 1 atom stereocenters. The van der Waals surface area contributed by atoms with E-state index in [1.807, 2.05) is 10.9 Å². The van der Waals surface area contributed by atoms with Crippen LogP contribution < -0.4 is 5.32 Å². The van der Waals surface area contributed by atoms with Crippen molar-refractivity contribution in [2.24, 2.45) is 16.8 Å². The Morgan fingerprint density at radius 1 is 1.41 bits per heavy atom. The zero-order chi connectivity index (χ0) is 15.4. The molecule has 0 aromatic carbocycles. The van der Waals surface area contributed by atoms with Crippen LogP contribution in [0.3, 0.4) is 0 Å². The number of aromatic nitrogens is 2. The van der Waals surface area contributed by atoms with Crippen LogP contribution in [-0.4, -0.2) is 41.0 Å². The second kappa shape index (κ2) is 6.65. The van der Waals surface area contributed by atoms with Gasteiger partial charge in [0.25, 0.3) is 5.91 Å². The maximum absolute atomic E-state index is 12.1. The van der Waals surface area contributed by atoms with E-state index < -0.39 is 5.92 Å². The van der Waals surface area contributed by atoms with Crippen LogP contribution in [0, 0.1) is 11.8 Å². The van der Waals surface area contributed by atoms with Crippen molar-refractivity contribution in [3.8, 4) is 0 Å². The third kappa shape index (κ3) is 3.67. The maximum atomic E-state index is 12.1. The highest BCUT2D eigenvalue weighted by atomic mass is 16.5. The van der Waals surface area contributed by atoms with E-state index in [-0.39, 0.29) is 11.8 Å². The molecule has 7 nitrogen and oxygen atoms in total. The molecule has 0 spiro atoms. The Morgan fingerprint density at radius 2 is 2.23 bits per heavy atom. The van der Waals surface area contributed by atoms with Crippen molar-refractivity contribution in [3.63, 3.8) is 0 Å². The molecule has 1 N–H and O–H groups in total. The van der Waals surface area contributed by atoms with E-state index in [4.69, 9.17) is 4.74 Å². The van der Waals surface area contributed by atoms with Crippen molar-refractivity contribution < 1.29 is 14.3 Å². The van der Waals surface area contributed by atoms with Crippen LogP contribution in [0.5, 0.6) is 0 Å². The molecule has 22 heavy (non-hydrogen) atoms. The Balaban J connectivity index is 1.55. The Morgan fingerprint density at radius 3 is 2.95 bits per heavy atom. The van der Waals surface area contributed by atoms with Crippen molar-refractivity contribution in [1.82, 2.24) is 9.78 Å². The van der Waals surface area contributed by atoms with Gasteiger partial charge in [0.1, 0.15) is 0 Å². The second-order valence-electron chi connectivity index (χ2n) is 5.50. The summed E-state index contributed by atoms with van der Waals surface area (Å²) in [7, 11) is 0. The van der Waals surface area contributed by atoms with Crippen LogP contribution in [0.4, 0.5) is 5.69 Å². The molecule has 0 bridgehead atoms. The number of nitrogens with zero attached hydrogens (tertiary/aromatic N) is 3. The number of hydrogen-bond donors (Lipinski definition) is 1. The molecule has 0 saturated carbocycles. The van der Waals surface area contributed by atoms with Gasteiger partial charge in [-0.25, -0.2) is 4.99 Å². The predicted molar refractivity (Wildman–Crippen MR) is 80.5 cm³/mol. The van der Waals surface area contributed by atoms with E-state index in [1.54, 1.807) is 6.20 Å². The molecule has 116 valence electrons. The average molecular weight is 302 g/mol. The number of anilines is 1. The molecule has 1 aromatic rings. The minimum Gasteiger partial charge on any atom is -0.381 e. The molecular weight excluding hydrogens is 284 g/mol. The van der Waals surface area contributed by atoms with Gasteiger partial charge in [0, 0.05) is 38.2 Å². The fraction of sp³-hybridized carbons (Fsp3) is 0.467. The molecule has 1 unspecified atom stereocenters. The summed E-state index contributed by atoms with van der Waals surface area (Å²) in [5.41, 5.74) is 0.649. The van der Waals surface area contributed by atoms with Crippen molar-refractivity contribution in [2.75, 3.05) is 18.5 Å². The zero-order valence-electron chi connectivity index (χ0n) is 12.1. The summed E-state index contributed by atoms with van der Waals surface area (Å²) in [5.74, 6) is -0.514. The van der Waals surface area contributed by atoms with Gasteiger partial charge in [0.05, 0.1) is 17.8 Å². The number of dihydropyridines is 1. The lowest BCUT2D eigenvalue weighted by Gasteiger charge is -2.21. The number of rotatable bonds is 4. The predicted octanol–water partition coefficient (Wildman–Crippen LogP) is 1.03. The normalized spacial score (nSPS) is 22.0. The first-order valence-electron chi connectivity index (χ1n) is 7.38. The summed E-state index contributed by atoms with van der Waals surface area (Å²) in [6.07, 6.45) is 9.73. The van der Waals surface area contributed by atoms with Gasteiger partial charge >= 0.3 is 0 Å². The van der Waals surface area contributed by atoms with Gasteiger partial charge in [-0.1, -0.05) is 6.08 Å². The first kappa shape index (κ1) is 14.6. The molecule has 3 rings (SSSR count). The number of amides is 2. The lowest BCUT2D eigenvalue weighted by Crippen LogP contribution is -2.24. The lowest BCUT2D eigenvalue weighted by atomic mass is 10.0. The fourth-order valence-corrected chi connectivity index (χ4v) is 2.53. The molecule has 7 heteroatoms. The highest BCUT2D eigenvalue weighted by Gasteiger charge is 2.18. The van der Waals surface area contributed by atoms with Crippen LogP contribution >= 0.6 is 0 Å². The van der Waals surface area contributed by atoms with E-state index in [0.29, 0.717) is 11.6 Å². The first-order chi connectivity index (χ1) is 10.7. The van der Waals surface area contributed by atoms with Gasteiger partial charge in [-0.3, -0.25) is 14.3 Å². The van der Waals surface area contributed by atoms with E-state index in [0.717, 1.165) is 32.6 Å². The second-order valence-corrected chi connectivity index (χ2v) is 5.50. The molecule has 0 aliphatic carbocycles. The molecule has 1 fully saturated rings. The number of aliphatic imine (C=N–C) groups is 1. The molecule has 0 radical (unpaired) electrons. The Bertz CT molecular complexity index is 598. The SMILES string of the molecule is O=C1C=CC(C(=O)Nc2cnn(CC3CCOCC3)c2)C=N1. The van der Waals surface area contributed by atoms with E-state index in [1.165, 1.54) is 18.4 Å². The molecule has 2 amide bonds. The fourth-order valence-electron chi connectivity index (χ4n) is 2.53. The summed E-state index contributed by atoms with van der Waals surface area (Å²) in [6.45, 7) is 2.45. The Labute approximate surface area is 128 Å². The standard InChI is InChI=1S/C15H18N4O3/c20-14-2-1-12(7-16-14)15(21)18-13-8-17-19(10-13)9-11-3-5-22-6-4-11/h1-2,7-8,10-12H,3-6,9H2,(H,18,21). The van der Waals surface area contributed by atoms with Crippen molar-refractivity contribution in [1.29, 1.82) is 0 Å². The van der Waals surface area contributed by atoms with Gasteiger partial charge in [-0.2, -0.15) is 5.10 Å². The van der Waals surface area contributed by atoms with Gasteiger partial charge in [-0.05, 0) is 18.8 Å². The summed E-state index contributed by atoms with van der Waals surface area (Å²) < 4.78 is 7.19. The molecule has 2 aliphatic rings. The summed E-state index contributed by atoms with van der Waals surface area (Å²) in [4.78, 5) is 26.6. The van der Waals surface area contributed by atoms with Crippen molar-refractivity contribution in [3.05, 3.63) is 24.5 Å². The first-order valence-corrected chi connectivity index (χ1v) is 7.38. The third-order valence-electron chi connectivity index (χ3n) is 3.80. The Hall–Kier alpha value is -2.28. The largest absolute Gasteiger partial charge is 0.381 e. The lowest BCUT2D eigenvalue weighted by molar-refractivity contribution is -0.117. The number of carbonyl (C=O) groups excluding carboxylic acids is 2. The van der Waals surface area contributed by atoms with E-state index >= 15 is 0 Å². The molecule has 1 saturated heterocycles. The monoisotopic (exact) mass is 302 g/mol. The summed E-state index contributed by atoms with van der Waals surface area (Å²) in [5, 5.41) is 7.06. The summed E-state index contributed by atoms with van der Waals surface area (Å²) >= 11 is 0. The smallest absolute Gasteiger partial charge is 0.269 e. The highest BCUT2D eigenvalue weighted by molar-refractivity contribution is 6.09. The molecular formula is C15H18N4O3. The number of hydrogen-bond acceptors (Lipinski definition) is 4. The van der Waals surface area contributed by atoms with E-state index in [9.17, 15) is 9.59 Å². The molecule has 2 aliphatic heterocycles. The van der Waals surface area contributed by atoms with Crippen LogP contribution in [0.25, 0.3) is 0 Å². The van der Waals surface area contributed by atoms with Gasteiger partial charge in [0.2, 0.25) is 5.91 Å². The quantitative estimate of drug-likeness (QED) is 0.900. The van der Waals surface area contributed by atoms with E-state index in [2.05, 4.69) is 15.4 Å². The van der Waals surface area contributed by atoms with Crippen molar-refractivity contribution >= 4 is 23.7 Å². The van der Waals surface area contributed by atoms with Crippen LogP contribution in [0.1, 0.15) is 12.8 Å². The number of nitrogens with one attached hydrogen (secondary N) is 1. The molecule has 1 aromatic heterocycles. The average Bonchev–Trinajstić information content (AvgIpc) is 2.96. The van der Waals surface area contributed by atoms with Crippen LogP contribution in [0.15, 0.2) is 29.5 Å². The van der Waals surface area contributed by atoms with Crippen LogP contribution in [-0.2, 0) is 20.9 Å². The Kier molecular flexibility index (Phi) is 4.43. The topological polar surface area (TPSA) is 85.6 Å². The summed E-state index contributed by atoms with van der Waals surface area (Å²) in [6, 6.07) is 0. The highest BCUT2D eigenvalue weighted by Crippen LogP contribution is 2.18.